The number of hydrogen-bond acceptors (Lipinski definition) is 9. The number of fused-ring (bicyclic) bond motifs is 3. The quantitative estimate of drug-likeness (QED) is 0.253. The summed E-state index contributed by atoms with van der Waals surface area (Å²) in [6, 6.07) is 16.1. The number of nitrogens with one attached hydrogen (secondary N) is 1. The van der Waals surface area contributed by atoms with Crippen LogP contribution in [0.1, 0.15) is 18.9 Å². The van der Waals surface area contributed by atoms with Crippen LogP contribution in [-0.2, 0) is 11.3 Å². The summed E-state index contributed by atoms with van der Waals surface area (Å²) >= 11 is 1.23. The van der Waals surface area contributed by atoms with Gasteiger partial charge in [-0.2, -0.15) is 0 Å². The van der Waals surface area contributed by atoms with Crippen molar-refractivity contribution in [2.24, 2.45) is 0 Å². The lowest BCUT2D eigenvalue weighted by Crippen LogP contribution is -2.28. The van der Waals surface area contributed by atoms with Crippen LogP contribution in [0, 0.1) is 0 Å². The van der Waals surface area contributed by atoms with Crippen molar-refractivity contribution in [2.45, 2.75) is 30.3 Å². The molecule has 0 saturated carbocycles. The van der Waals surface area contributed by atoms with Crippen LogP contribution < -0.4 is 34.6 Å². The van der Waals surface area contributed by atoms with Crippen molar-refractivity contribution in [3.8, 4) is 28.7 Å². The number of carbonyl (C=O) groups is 1. The van der Waals surface area contributed by atoms with Crippen LogP contribution in [0.2, 0.25) is 0 Å². The number of methoxy groups -OCH3 is 1. The van der Waals surface area contributed by atoms with Gasteiger partial charge in [-0.1, -0.05) is 36.9 Å². The lowest BCUT2D eigenvalue weighted by molar-refractivity contribution is -0.115. The van der Waals surface area contributed by atoms with Crippen LogP contribution in [0.25, 0.3) is 10.9 Å². The zero-order chi connectivity index (χ0) is 26.9. The lowest BCUT2D eigenvalue weighted by atomic mass is 10.2. The zero-order valence-electron chi connectivity index (χ0n) is 21.3. The molecule has 0 fully saturated rings. The van der Waals surface area contributed by atoms with Gasteiger partial charge < -0.3 is 29.0 Å². The van der Waals surface area contributed by atoms with E-state index in [4.69, 9.17) is 28.7 Å². The summed E-state index contributed by atoms with van der Waals surface area (Å²) < 4.78 is 28.9. The van der Waals surface area contributed by atoms with Crippen molar-refractivity contribution in [1.82, 2.24) is 9.55 Å². The Morgan fingerprint density at radius 1 is 1.03 bits per heavy atom. The Balaban J connectivity index is 1.38. The van der Waals surface area contributed by atoms with Gasteiger partial charge >= 0.3 is 0 Å². The fraction of sp³-hybridized carbons (Fsp3) is 0.250. The number of thioether (sulfide) groups is 1. The van der Waals surface area contributed by atoms with Crippen molar-refractivity contribution in [3.63, 3.8) is 0 Å². The summed E-state index contributed by atoms with van der Waals surface area (Å²) in [5.74, 6) is 2.64. The normalized spacial score (nSPS) is 13.9. The molecule has 3 aromatic carbocycles. The lowest BCUT2D eigenvalue weighted by Gasteiger charge is -2.19. The number of anilines is 1. The molecule has 200 valence electrons. The van der Waals surface area contributed by atoms with E-state index in [1.165, 1.54) is 11.8 Å². The predicted molar refractivity (Wildman–Crippen MR) is 145 cm³/mol. The molecule has 0 saturated heterocycles. The summed E-state index contributed by atoms with van der Waals surface area (Å²) in [5, 5.41) is 3.23. The topological polar surface area (TPSA) is 110 Å². The average molecular weight is 548 g/mol. The Bertz CT molecular complexity index is 1640. The standard InChI is InChI=1S/C28H25N3O7S/c1-3-25(26(32)29-18-6-4-5-7-20(18)34-2)39-28-30-19-12-24-23(37-15-38-24)11-17(19)27(33)31(28)13-16-8-9-21-22(10-16)36-14-35-21/h4-12,25H,3,13-15H2,1-2H3,(H,29,32)/t25-/m0/s1. The Kier molecular flexibility index (Phi) is 6.65. The Morgan fingerprint density at radius 3 is 2.51 bits per heavy atom. The molecule has 6 rings (SSSR count). The maximum Gasteiger partial charge on any atom is 0.262 e. The molecule has 0 aliphatic carbocycles. The second kappa shape index (κ2) is 10.4. The molecule has 10 nitrogen and oxygen atoms in total. The Labute approximate surface area is 227 Å². The molecule has 39 heavy (non-hydrogen) atoms. The zero-order valence-corrected chi connectivity index (χ0v) is 22.1. The molecule has 1 aromatic heterocycles. The molecule has 0 bridgehead atoms. The number of nitrogens with zero attached hydrogens (tertiary/aromatic N) is 2. The minimum atomic E-state index is -0.531. The maximum atomic E-state index is 13.8. The fourth-order valence-corrected chi connectivity index (χ4v) is 5.47. The summed E-state index contributed by atoms with van der Waals surface area (Å²) in [7, 11) is 1.55. The van der Waals surface area contributed by atoms with Crippen molar-refractivity contribution in [2.75, 3.05) is 26.0 Å². The molecular weight excluding hydrogens is 522 g/mol. The SMILES string of the molecule is CC[C@H](Sc1nc2cc3c(cc2c(=O)n1Cc1ccc2c(c1)OCO2)OCO3)C(=O)Nc1ccccc1OC. The van der Waals surface area contributed by atoms with Crippen LogP contribution in [0.4, 0.5) is 5.69 Å². The third kappa shape index (κ3) is 4.81. The third-order valence-electron chi connectivity index (χ3n) is 6.47. The van der Waals surface area contributed by atoms with Crippen LogP contribution in [0.15, 0.2) is 64.5 Å². The van der Waals surface area contributed by atoms with Gasteiger partial charge in [0.25, 0.3) is 5.56 Å². The molecule has 3 heterocycles. The first kappa shape index (κ1) is 24.9. The van der Waals surface area contributed by atoms with Gasteiger partial charge in [0.2, 0.25) is 19.5 Å². The minimum absolute atomic E-state index is 0.0830. The first-order valence-corrected chi connectivity index (χ1v) is 13.2. The van der Waals surface area contributed by atoms with Crippen LogP contribution in [-0.4, -0.2) is 41.4 Å². The highest BCUT2D eigenvalue weighted by molar-refractivity contribution is 8.00. The number of rotatable bonds is 8. The van der Waals surface area contributed by atoms with Crippen LogP contribution in [0.3, 0.4) is 0 Å². The fourth-order valence-electron chi connectivity index (χ4n) is 4.45. The van der Waals surface area contributed by atoms with Gasteiger partial charge in [-0.25, -0.2) is 4.98 Å². The van der Waals surface area contributed by atoms with E-state index in [1.807, 2.05) is 37.3 Å². The number of benzene rings is 3. The molecule has 2 aliphatic heterocycles. The summed E-state index contributed by atoms with van der Waals surface area (Å²) in [4.78, 5) is 32.0. The number of hydrogen-bond donors (Lipinski definition) is 1. The Hall–Kier alpha value is -4.38. The van der Waals surface area contributed by atoms with E-state index in [0.29, 0.717) is 56.9 Å². The van der Waals surface area contributed by atoms with Crippen LogP contribution >= 0.6 is 11.8 Å². The highest BCUT2D eigenvalue weighted by Crippen LogP contribution is 2.37. The number of para-hydroxylation sites is 2. The van der Waals surface area contributed by atoms with Gasteiger partial charge in [0.15, 0.2) is 28.2 Å². The molecule has 2 aliphatic rings. The number of amides is 1. The molecule has 11 heteroatoms. The highest BCUT2D eigenvalue weighted by atomic mass is 32.2. The van der Waals surface area contributed by atoms with Gasteiger partial charge in [0, 0.05) is 6.07 Å². The average Bonchev–Trinajstić information content (AvgIpc) is 3.61. The van der Waals surface area contributed by atoms with E-state index in [2.05, 4.69) is 5.32 Å². The predicted octanol–water partition coefficient (Wildman–Crippen LogP) is 4.42. The molecule has 0 radical (unpaired) electrons. The second-order valence-corrected chi connectivity index (χ2v) is 10.1. The highest BCUT2D eigenvalue weighted by Gasteiger charge is 2.25. The number of carbonyl (C=O) groups excluding carboxylic acids is 1. The van der Waals surface area contributed by atoms with E-state index < -0.39 is 5.25 Å². The van der Waals surface area contributed by atoms with Crippen molar-refractivity contribution >= 4 is 34.3 Å². The van der Waals surface area contributed by atoms with Gasteiger partial charge in [-0.05, 0) is 42.3 Å². The largest absolute Gasteiger partial charge is 0.495 e. The molecule has 4 aromatic rings. The first-order valence-electron chi connectivity index (χ1n) is 12.4. The summed E-state index contributed by atoms with van der Waals surface area (Å²) in [6.07, 6.45) is 0.505. The molecule has 1 amide bonds. The van der Waals surface area contributed by atoms with Gasteiger partial charge in [0.1, 0.15) is 5.75 Å². The molecule has 1 atom stereocenters. The van der Waals surface area contributed by atoms with Crippen molar-refractivity contribution in [3.05, 3.63) is 70.5 Å². The smallest absolute Gasteiger partial charge is 0.262 e. The van der Waals surface area contributed by atoms with E-state index >= 15 is 0 Å². The number of aromatic nitrogens is 2. The van der Waals surface area contributed by atoms with Crippen LogP contribution in [0.5, 0.6) is 28.7 Å². The van der Waals surface area contributed by atoms with E-state index in [9.17, 15) is 9.59 Å². The Morgan fingerprint density at radius 2 is 1.74 bits per heavy atom. The number of ether oxygens (including phenoxy) is 5. The maximum absolute atomic E-state index is 13.8. The summed E-state index contributed by atoms with van der Waals surface area (Å²) in [6.45, 7) is 2.38. The third-order valence-corrected chi connectivity index (χ3v) is 7.82. The molecular formula is C28H25N3O7S. The monoisotopic (exact) mass is 547 g/mol. The minimum Gasteiger partial charge on any atom is -0.495 e. The van der Waals surface area contributed by atoms with Gasteiger partial charge in [0.05, 0.1) is 35.5 Å². The molecule has 0 unspecified atom stereocenters. The van der Waals surface area contributed by atoms with Crippen molar-refractivity contribution in [1.29, 1.82) is 0 Å². The second-order valence-electron chi connectivity index (χ2n) is 8.90. The molecule has 0 spiro atoms. The summed E-state index contributed by atoms with van der Waals surface area (Å²) in [5.41, 5.74) is 1.62. The van der Waals surface area contributed by atoms with Gasteiger partial charge in [-0.3, -0.25) is 14.2 Å². The van der Waals surface area contributed by atoms with E-state index in [-0.39, 0.29) is 31.6 Å². The van der Waals surface area contributed by atoms with Gasteiger partial charge in [-0.15, -0.1) is 0 Å². The van der Waals surface area contributed by atoms with Crippen molar-refractivity contribution < 1.29 is 28.5 Å². The van der Waals surface area contributed by atoms with E-state index in [0.717, 1.165) is 5.56 Å². The molecule has 1 N–H and O–H groups in total. The first-order chi connectivity index (χ1) is 19.0. The van der Waals surface area contributed by atoms with E-state index in [1.54, 1.807) is 35.9 Å².